The van der Waals surface area contributed by atoms with E-state index in [1.54, 1.807) is 183 Å². The molecule has 10 nitrogen and oxygen atoms in total. The summed E-state index contributed by atoms with van der Waals surface area (Å²) in [5.41, 5.74) is 8.03. The van der Waals surface area contributed by atoms with Crippen LogP contribution in [0.2, 0.25) is 0 Å². The number of hydrogen-bond acceptors (Lipinski definition) is 9. The summed E-state index contributed by atoms with van der Waals surface area (Å²) in [6.45, 7) is 32.6. The average Bonchev–Trinajstić information content (AvgIpc) is 1.12. The van der Waals surface area contributed by atoms with E-state index in [4.69, 9.17) is 33.2 Å². The van der Waals surface area contributed by atoms with Gasteiger partial charge in [-0.25, -0.2) is 52.7 Å². The Kier molecular flexibility index (Phi) is 42.0. The monoisotopic (exact) mass is 1930 g/mol. The second-order valence-electron chi connectivity index (χ2n) is 35.0. The molecule has 16 aromatic rings. The molecule has 23 heteroatoms. The number of halogens is 13. The molecule has 15 aromatic carbocycles. The number of hydrogen-bond donors (Lipinski definition) is 0. The highest BCUT2D eigenvalue weighted by Crippen LogP contribution is 2.40. The molecule has 1 heterocycles. The Hall–Kier alpha value is -14.9. The van der Waals surface area contributed by atoms with Gasteiger partial charge >= 0.3 is 0 Å². The first kappa shape index (κ1) is 110. The van der Waals surface area contributed by atoms with Crippen LogP contribution in [-0.2, 0) is 7.05 Å². The number of benzene rings is 15. The Morgan fingerprint density at radius 1 is 0.234 bits per heavy atom. The lowest BCUT2D eigenvalue weighted by molar-refractivity contribution is 0.406. The Morgan fingerprint density at radius 2 is 0.603 bits per heavy atom. The summed E-state index contributed by atoms with van der Waals surface area (Å²) in [6, 6.07) is 88.7. The van der Waals surface area contributed by atoms with Crippen molar-refractivity contribution in [2.75, 3.05) is 0 Å². The van der Waals surface area contributed by atoms with Crippen LogP contribution < -0.4 is 33.2 Å². The van der Waals surface area contributed by atoms with Crippen molar-refractivity contribution in [3.63, 3.8) is 0 Å². The Balaban J connectivity index is 0.000000180. The van der Waals surface area contributed by atoms with Crippen molar-refractivity contribution in [1.82, 2.24) is 15.0 Å². The van der Waals surface area contributed by atoms with Gasteiger partial charge in [0, 0.05) is 77.3 Å². The summed E-state index contributed by atoms with van der Waals surface area (Å²) >= 11 is 0. The van der Waals surface area contributed by atoms with Gasteiger partial charge in [0.2, 0.25) is 5.82 Å². The lowest BCUT2D eigenvalue weighted by Crippen LogP contribution is -1.99. The van der Waals surface area contributed by atoms with E-state index in [-0.39, 0.29) is 75.6 Å². The molecule has 0 unspecified atom stereocenters. The van der Waals surface area contributed by atoms with Gasteiger partial charge < -0.3 is 33.2 Å². The maximum absolute atomic E-state index is 13.8. The van der Waals surface area contributed by atoms with Gasteiger partial charge in [0.15, 0.2) is 52.2 Å². The van der Waals surface area contributed by atoms with E-state index < -0.39 is 69.8 Å². The molecule has 0 N–H and O–H groups in total. The first-order valence-corrected chi connectivity index (χ1v) is 46.0. The van der Waals surface area contributed by atoms with Crippen LogP contribution in [0.4, 0.5) is 57.1 Å². The molecule has 736 valence electrons. The number of nitrogens with zero attached hydrogens (tertiary/aromatic N) is 3. The maximum atomic E-state index is 13.8. The largest absolute Gasteiger partial charge is 0.457 e. The predicted octanol–water partition coefficient (Wildman–Crippen LogP) is 36.9. The zero-order valence-electron chi connectivity index (χ0n) is 81.9. The fourth-order valence-corrected chi connectivity index (χ4v) is 13.5. The Bertz CT molecular complexity index is 6530. The molecule has 0 radical (unpaired) electrons. The third-order valence-corrected chi connectivity index (χ3v) is 21.2. The fraction of sp³-hybridized carbons (Fsp3) is 0.220. The Labute approximate surface area is 818 Å². The summed E-state index contributed by atoms with van der Waals surface area (Å²) in [5, 5.41) is 7.99. The maximum Gasteiger partial charge on any atom is 0.201 e. The van der Waals surface area contributed by atoms with E-state index in [1.807, 2.05) is 149 Å². The second-order valence-corrected chi connectivity index (χ2v) is 35.0. The summed E-state index contributed by atoms with van der Waals surface area (Å²) in [7, 11) is 1.87. The van der Waals surface area contributed by atoms with E-state index >= 15 is 0 Å². The number of rotatable bonds is 23. The molecule has 141 heavy (non-hydrogen) atoms. The van der Waals surface area contributed by atoms with Crippen molar-refractivity contribution >= 4 is 0 Å². The molecule has 1 aromatic heterocycles. The van der Waals surface area contributed by atoms with Gasteiger partial charge in [0.25, 0.3) is 0 Å². The van der Waals surface area contributed by atoms with E-state index in [9.17, 15) is 57.1 Å². The smallest absolute Gasteiger partial charge is 0.201 e. The average molecular weight is 1940 g/mol. The topological polar surface area (TPSA) is 95.3 Å². The first-order valence-electron chi connectivity index (χ1n) is 46.0. The fourth-order valence-electron chi connectivity index (χ4n) is 13.5. The summed E-state index contributed by atoms with van der Waals surface area (Å²) < 4.78 is 216. The molecule has 0 spiro atoms. The zero-order chi connectivity index (χ0) is 103. The quantitative estimate of drug-likeness (QED) is 0.0580. The molecule has 0 saturated carbocycles. The Morgan fingerprint density at radius 3 is 1.03 bits per heavy atom. The summed E-state index contributed by atoms with van der Waals surface area (Å²) in [4.78, 5) is 0. The molecule has 0 aliphatic rings. The SMILES string of the molecule is CC(C)c1c(F)cc(F)cc1Oc1ccccc1.CC(C)c1c(F)cc(Oc2ccccc2)cc1F.CC(C)c1cc(F)c(F)cc1Oc1ccccc1.CC(C)c1cc(F)c(Oc2ccccc2)c(F)c1.CC(C)c1cc(F)c(Oc2ccccc2)cc1F.CC(C)c1ccc(-c2cn(C)nn2)cc1.CC(C)c1ccc(F)c(F)c1Oc1ccccc1.Cc1ccc(Oc2ccc(C(C)C)cc2)cc1F. The molecule has 0 bridgehead atoms. The van der Waals surface area contributed by atoms with Gasteiger partial charge in [-0.2, -0.15) is 4.39 Å². The highest BCUT2D eigenvalue weighted by Gasteiger charge is 2.23. The third-order valence-electron chi connectivity index (χ3n) is 21.2. The molecule has 0 aliphatic heterocycles. The molecule has 0 atom stereocenters. The number of aryl methyl sites for hydroxylation is 2. The minimum atomic E-state index is -0.940. The molecule has 0 saturated heterocycles. The van der Waals surface area contributed by atoms with E-state index in [0.717, 1.165) is 41.3 Å². The van der Waals surface area contributed by atoms with E-state index in [0.29, 0.717) is 91.2 Å². The van der Waals surface area contributed by atoms with Crippen molar-refractivity contribution < 1.29 is 90.2 Å². The normalized spacial score (nSPS) is 10.7. The van der Waals surface area contributed by atoms with Gasteiger partial charge in [-0.3, -0.25) is 4.68 Å². The minimum Gasteiger partial charge on any atom is -0.457 e. The molecular weight excluding hydrogens is 1820 g/mol. The number of para-hydroxylation sites is 6. The highest BCUT2D eigenvalue weighted by molar-refractivity contribution is 5.58. The lowest BCUT2D eigenvalue weighted by atomic mass is 10.0. The van der Waals surface area contributed by atoms with Gasteiger partial charge in [-0.05, 0) is 203 Å². The van der Waals surface area contributed by atoms with Crippen LogP contribution in [-0.4, -0.2) is 15.0 Å². The van der Waals surface area contributed by atoms with E-state index in [2.05, 4.69) is 62.3 Å². The molecule has 0 fully saturated rings. The molecule has 0 aliphatic carbocycles. The van der Waals surface area contributed by atoms with Crippen molar-refractivity contribution in [2.45, 2.75) is 165 Å². The second kappa shape index (κ2) is 53.9. The van der Waals surface area contributed by atoms with Crippen molar-refractivity contribution in [3.05, 3.63) is 453 Å². The van der Waals surface area contributed by atoms with Crippen LogP contribution in [0.5, 0.6) is 80.5 Å². The molecule has 16 rings (SSSR count). The number of aromatic nitrogens is 3. The van der Waals surface area contributed by atoms with Crippen LogP contribution in [0.25, 0.3) is 11.3 Å². The highest BCUT2D eigenvalue weighted by atomic mass is 19.2. The van der Waals surface area contributed by atoms with Crippen LogP contribution in [0, 0.1) is 82.5 Å². The minimum absolute atomic E-state index is 0.0313. The molecule has 0 amide bonds. The van der Waals surface area contributed by atoms with Crippen molar-refractivity contribution in [3.8, 4) is 91.8 Å². The van der Waals surface area contributed by atoms with Crippen LogP contribution in [0.1, 0.15) is 208 Å². The van der Waals surface area contributed by atoms with Crippen LogP contribution in [0.15, 0.2) is 328 Å². The zero-order valence-corrected chi connectivity index (χ0v) is 81.9. The third kappa shape index (κ3) is 34.0. The van der Waals surface area contributed by atoms with Gasteiger partial charge in [-0.1, -0.05) is 274 Å². The van der Waals surface area contributed by atoms with Crippen molar-refractivity contribution in [1.29, 1.82) is 0 Å². The summed E-state index contributed by atoms with van der Waals surface area (Å²) in [5.74, 6) is -3.02. The van der Waals surface area contributed by atoms with E-state index in [1.165, 1.54) is 59.7 Å². The van der Waals surface area contributed by atoms with Crippen LogP contribution >= 0.6 is 0 Å². The van der Waals surface area contributed by atoms with Gasteiger partial charge in [-0.15, -0.1) is 5.10 Å². The molecular formula is C118H116F13N3O7. The summed E-state index contributed by atoms with van der Waals surface area (Å²) in [6.07, 6.45) is 1.92. The first-order chi connectivity index (χ1) is 67.2. The van der Waals surface area contributed by atoms with Gasteiger partial charge in [0.05, 0.1) is 6.20 Å². The van der Waals surface area contributed by atoms with Gasteiger partial charge in [0.1, 0.15) is 104 Å². The number of ether oxygens (including phenoxy) is 7. The standard InChI is InChI=1S/C16H17FO.6C15H14F2O.C12H15N3/c1-11(2)13-5-8-14(9-6-13)18-15-7-4-12(3)16(17)10-15;1-10(2)15-13(17)8-11(16)9-14(15)18-12-6-4-3-5-7-12;1-10(2)11-8-13(16)15(14(17)9-11)18-12-6-4-3-5-7-12;1-10(2)12-8-14(17)15(9-13(12)16)18-11-6-4-3-5-7-11;1-10(2)12-8-13(16)14(17)9-15(12)18-11-6-4-3-5-7-11;1-10(2)15-13(16)8-12(9-14(15)17)18-11-6-4-3-5-7-11;1-10(2)12-8-9-13(16)14(17)15(12)18-11-6-4-3-5-7-11;1-9(2)10-4-6-11(7-5-10)12-8-15(3)14-13-12/h4-11H,1-3H3;6*3-10H,1-2H3;4-9H,1-3H3. The lowest BCUT2D eigenvalue weighted by Gasteiger charge is -2.14. The predicted molar refractivity (Wildman–Crippen MR) is 534 cm³/mol. The van der Waals surface area contributed by atoms with Crippen molar-refractivity contribution in [2.24, 2.45) is 7.05 Å². The van der Waals surface area contributed by atoms with Crippen LogP contribution in [0.3, 0.4) is 0 Å².